The van der Waals surface area contributed by atoms with Gasteiger partial charge in [-0.3, -0.25) is 4.79 Å². The van der Waals surface area contributed by atoms with E-state index in [9.17, 15) is 9.18 Å². The molecular weight excluding hydrogens is 307 g/mol. The summed E-state index contributed by atoms with van der Waals surface area (Å²) >= 11 is 0. The molecule has 0 aromatic heterocycles. The van der Waals surface area contributed by atoms with Crippen LogP contribution in [0.3, 0.4) is 0 Å². The molecule has 24 heavy (non-hydrogen) atoms. The van der Waals surface area contributed by atoms with Gasteiger partial charge in [-0.05, 0) is 41.8 Å². The van der Waals surface area contributed by atoms with Gasteiger partial charge >= 0.3 is 0 Å². The number of nitrogens with zero attached hydrogens (tertiary/aromatic N) is 1. The van der Waals surface area contributed by atoms with E-state index in [4.69, 9.17) is 10.00 Å². The van der Waals surface area contributed by atoms with Crippen molar-refractivity contribution in [1.29, 1.82) is 5.26 Å². The lowest BCUT2D eigenvalue weighted by atomic mass is 10.0. The smallest absolute Gasteiger partial charge is 0.251 e. The summed E-state index contributed by atoms with van der Waals surface area (Å²) in [5.41, 5.74) is 1.99. The molecule has 1 fully saturated rings. The summed E-state index contributed by atoms with van der Waals surface area (Å²) in [6.07, 6.45) is 0.965. The van der Waals surface area contributed by atoms with E-state index < -0.39 is 5.82 Å². The van der Waals surface area contributed by atoms with Crippen molar-refractivity contribution in [3.05, 3.63) is 59.4 Å². The molecule has 0 bridgehead atoms. The van der Waals surface area contributed by atoms with Crippen LogP contribution in [-0.4, -0.2) is 25.7 Å². The molecule has 0 spiro atoms. The molecule has 2 aromatic rings. The van der Waals surface area contributed by atoms with Gasteiger partial charge in [0.25, 0.3) is 5.91 Å². The Morgan fingerprint density at radius 3 is 2.88 bits per heavy atom. The molecule has 1 N–H and O–H groups in total. The molecule has 5 heteroatoms. The Bertz CT molecular complexity index is 792. The number of halogens is 1. The third kappa shape index (κ3) is 3.61. The first-order valence-corrected chi connectivity index (χ1v) is 7.83. The van der Waals surface area contributed by atoms with Gasteiger partial charge in [0.05, 0.1) is 12.2 Å². The van der Waals surface area contributed by atoms with Crippen molar-refractivity contribution in [3.63, 3.8) is 0 Å². The van der Waals surface area contributed by atoms with Crippen molar-refractivity contribution in [2.45, 2.75) is 6.42 Å². The number of rotatable bonds is 4. The van der Waals surface area contributed by atoms with Gasteiger partial charge in [0.2, 0.25) is 0 Å². The summed E-state index contributed by atoms with van der Waals surface area (Å²) in [4.78, 5) is 12.3. The van der Waals surface area contributed by atoms with Crippen molar-refractivity contribution in [2.24, 2.45) is 5.92 Å². The van der Waals surface area contributed by atoms with Crippen LogP contribution in [0, 0.1) is 23.1 Å². The Hall–Kier alpha value is -2.71. The Balaban J connectivity index is 1.76. The topological polar surface area (TPSA) is 62.1 Å². The third-order valence-electron chi connectivity index (χ3n) is 4.12. The lowest BCUT2D eigenvalue weighted by molar-refractivity contribution is 0.0945. The first kappa shape index (κ1) is 16.2. The monoisotopic (exact) mass is 324 g/mol. The van der Waals surface area contributed by atoms with Crippen molar-refractivity contribution in [3.8, 4) is 17.2 Å². The predicted octanol–water partition coefficient (Wildman–Crippen LogP) is 3.13. The average molecular weight is 324 g/mol. The standard InChI is InChI=1S/C19H17FN2O2/c20-18-5-4-15(9-17(18)10-21)14-2-1-3-16(8-14)19(23)22-11-13-6-7-24-12-13/h1-5,8-9,13H,6-7,11-12H2,(H,22,23). The Morgan fingerprint density at radius 2 is 2.12 bits per heavy atom. The molecule has 1 aliphatic rings. The van der Waals surface area contributed by atoms with Gasteiger partial charge in [0, 0.05) is 24.6 Å². The van der Waals surface area contributed by atoms with E-state index in [-0.39, 0.29) is 11.5 Å². The summed E-state index contributed by atoms with van der Waals surface area (Å²) < 4.78 is 18.7. The highest BCUT2D eigenvalue weighted by Crippen LogP contribution is 2.23. The molecule has 1 atom stereocenters. The van der Waals surface area contributed by atoms with Crippen LogP contribution in [0.2, 0.25) is 0 Å². The van der Waals surface area contributed by atoms with Crippen molar-refractivity contribution in [1.82, 2.24) is 5.32 Å². The fraction of sp³-hybridized carbons (Fsp3) is 0.263. The SMILES string of the molecule is N#Cc1cc(-c2cccc(C(=O)NCC3CCOC3)c2)ccc1F. The number of hydrogen-bond donors (Lipinski definition) is 1. The highest BCUT2D eigenvalue weighted by Gasteiger charge is 2.17. The van der Waals surface area contributed by atoms with Gasteiger partial charge in [-0.1, -0.05) is 18.2 Å². The van der Waals surface area contributed by atoms with E-state index in [0.717, 1.165) is 18.6 Å². The second kappa shape index (κ2) is 7.24. The first-order chi connectivity index (χ1) is 11.7. The van der Waals surface area contributed by atoms with Crippen molar-refractivity contribution >= 4 is 5.91 Å². The maximum Gasteiger partial charge on any atom is 0.251 e. The minimum Gasteiger partial charge on any atom is -0.381 e. The minimum absolute atomic E-state index is 0.0106. The molecule has 3 rings (SSSR count). The van der Waals surface area contributed by atoms with Crippen LogP contribution in [0.1, 0.15) is 22.3 Å². The second-order valence-electron chi connectivity index (χ2n) is 5.83. The van der Waals surface area contributed by atoms with Crippen molar-refractivity contribution in [2.75, 3.05) is 19.8 Å². The molecule has 1 saturated heterocycles. The van der Waals surface area contributed by atoms with Crippen LogP contribution >= 0.6 is 0 Å². The molecule has 0 radical (unpaired) electrons. The van der Waals surface area contributed by atoms with Gasteiger partial charge < -0.3 is 10.1 Å². The number of amides is 1. The maximum atomic E-state index is 13.4. The Labute approximate surface area is 139 Å². The molecule has 1 aliphatic heterocycles. The number of nitriles is 1. The molecule has 4 nitrogen and oxygen atoms in total. The molecule has 1 amide bonds. The maximum absolute atomic E-state index is 13.4. The van der Waals surface area contributed by atoms with Gasteiger partial charge in [-0.2, -0.15) is 5.26 Å². The van der Waals surface area contributed by atoms with Crippen LogP contribution in [0.4, 0.5) is 4.39 Å². The largest absolute Gasteiger partial charge is 0.381 e. The van der Waals surface area contributed by atoms with Crippen LogP contribution in [0.15, 0.2) is 42.5 Å². The van der Waals surface area contributed by atoms with Crippen LogP contribution in [-0.2, 0) is 4.74 Å². The Kier molecular flexibility index (Phi) is 4.88. The first-order valence-electron chi connectivity index (χ1n) is 7.83. The summed E-state index contributed by atoms with van der Waals surface area (Å²) in [6.45, 7) is 2.03. The molecular formula is C19H17FN2O2. The Morgan fingerprint density at radius 1 is 1.29 bits per heavy atom. The molecule has 0 saturated carbocycles. The average Bonchev–Trinajstić information content (AvgIpc) is 3.14. The number of benzene rings is 2. The minimum atomic E-state index is -0.547. The summed E-state index contributed by atoms with van der Waals surface area (Å²) in [5, 5.41) is 11.9. The van der Waals surface area contributed by atoms with Crippen LogP contribution in [0.25, 0.3) is 11.1 Å². The zero-order valence-corrected chi connectivity index (χ0v) is 13.1. The quantitative estimate of drug-likeness (QED) is 0.940. The molecule has 2 aromatic carbocycles. The van der Waals surface area contributed by atoms with E-state index in [1.165, 1.54) is 12.1 Å². The fourth-order valence-corrected chi connectivity index (χ4v) is 2.71. The highest BCUT2D eigenvalue weighted by molar-refractivity contribution is 5.95. The zero-order chi connectivity index (χ0) is 16.9. The molecule has 1 heterocycles. The highest BCUT2D eigenvalue weighted by atomic mass is 19.1. The zero-order valence-electron chi connectivity index (χ0n) is 13.1. The number of carbonyl (C=O) groups is 1. The van der Waals surface area contributed by atoms with E-state index in [0.29, 0.717) is 30.2 Å². The van der Waals surface area contributed by atoms with Crippen LogP contribution < -0.4 is 5.32 Å². The lowest BCUT2D eigenvalue weighted by Crippen LogP contribution is -2.29. The third-order valence-corrected chi connectivity index (χ3v) is 4.12. The van der Waals surface area contributed by atoms with E-state index in [1.807, 2.05) is 12.1 Å². The molecule has 122 valence electrons. The van der Waals surface area contributed by atoms with Crippen molar-refractivity contribution < 1.29 is 13.9 Å². The summed E-state index contributed by atoms with van der Waals surface area (Å²) in [5.74, 6) is -0.326. The van der Waals surface area contributed by atoms with Crippen LogP contribution in [0.5, 0.6) is 0 Å². The number of hydrogen-bond acceptors (Lipinski definition) is 3. The number of carbonyl (C=O) groups excluding carboxylic acids is 1. The van der Waals surface area contributed by atoms with Gasteiger partial charge in [0.15, 0.2) is 0 Å². The predicted molar refractivity (Wildman–Crippen MR) is 87.8 cm³/mol. The van der Waals surface area contributed by atoms with E-state index in [2.05, 4.69) is 5.32 Å². The molecule has 1 unspecified atom stereocenters. The second-order valence-corrected chi connectivity index (χ2v) is 5.83. The van der Waals surface area contributed by atoms with Gasteiger partial charge in [-0.25, -0.2) is 4.39 Å². The lowest BCUT2D eigenvalue weighted by Gasteiger charge is -2.10. The summed E-state index contributed by atoms with van der Waals surface area (Å²) in [7, 11) is 0. The van der Waals surface area contributed by atoms with Gasteiger partial charge in [0.1, 0.15) is 11.9 Å². The van der Waals surface area contributed by atoms with Gasteiger partial charge in [-0.15, -0.1) is 0 Å². The van der Waals surface area contributed by atoms with E-state index >= 15 is 0 Å². The van der Waals surface area contributed by atoms with E-state index in [1.54, 1.807) is 24.3 Å². The number of ether oxygens (including phenoxy) is 1. The number of nitrogens with one attached hydrogen (secondary N) is 1. The summed E-state index contributed by atoms with van der Waals surface area (Å²) in [6, 6.07) is 13.3. The normalized spacial score (nSPS) is 16.6. The molecule has 0 aliphatic carbocycles. The fourth-order valence-electron chi connectivity index (χ4n) is 2.71.